The first-order valence-corrected chi connectivity index (χ1v) is 8.66. The highest BCUT2D eigenvalue weighted by Gasteiger charge is 2.35. The number of imidazole rings is 1. The summed E-state index contributed by atoms with van der Waals surface area (Å²) in [5.74, 6) is 0.430. The van der Waals surface area contributed by atoms with E-state index in [1.165, 1.54) is 18.7 Å². The maximum Gasteiger partial charge on any atom is 0.274 e. The third kappa shape index (κ3) is 3.26. The predicted molar refractivity (Wildman–Crippen MR) is 97.4 cm³/mol. The maximum absolute atomic E-state index is 11.2. The molecule has 146 valence electrons. The number of aliphatic hydroxyl groups is 2. The third-order valence-electron chi connectivity index (χ3n) is 4.69. The summed E-state index contributed by atoms with van der Waals surface area (Å²) in [6.45, 7) is -0.0801. The van der Waals surface area contributed by atoms with E-state index in [0.29, 0.717) is 29.0 Å². The number of para-hydroxylation sites is 1. The summed E-state index contributed by atoms with van der Waals surface area (Å²) in [4.78, 5) is 23.5. The summed E-state index contributed by atoms with van der Waals surface area (Å²) in [5, 5.41) is 33.4. The van der Waals surface area contributed by atoms with Crippen LogP contribution in [0, 0.1) is 10.1 Å². The molecule has 1 saturated heterocycles. The Morgan fingerprint density at radius 1 is 1.32 bits per heavy atom. The minimum absolute atomic E-state index is 0.0224. The van der Waals surface area contributed by atoms with E-state index in [1.54, 1.807) is 22.8 Å². The van der Waals surface area contributed by atoms with Gasteiger partial charge in [0.15, 0.2) is 17.0 Å². The van der Waals surface area contributed by atoms with Crippen LogP contribution in [0.5, 0.6) is 0 Å². The second-order valence-electron chi connectivity index (χ2n) is 6.40. The molecule has 1 aromatic carbocycles. The normalized spacial score (nSPS) is 21.9. The smallest absolute Gasteiger partial charge is 0.274 e. The minimum Gasteiger partial charge on any atom is -0.394 e. The number of rotatable bonds is 6. The van der Waals surface area contributed by atoms with Crippen molar-refractivity contribution in [3.05, 3.63) is 52.6 Å². The highest BCUT2D eigenvalue weighted by Crippen LogP contribution is 2.31. The Morgan fingerprint density at radius 3 is 2.89 bits per heavy atom. The van der Waals surface area contributed by atoms with E-state index in [2.05, 4.69) is 20.3 Å². The number of nitrogens with one attached hydrogen (secondary N) is 1. The number of anilines is 1. The van der Waals surface area contributed by atoms with E-state index in [9.17, 15) is 20.3 Å². The van der Waals surface area contributed by atoms with E-state index >= 15 is 0 Å². The topological polar surface area (TPSA) is 148 Å². The number of nitrogens with zero attached hydrogens (tertiary/aromatic N) is 5. The van der Waals surface area contributed by atoms with Crippen LogP contribution in [0.1, 0.15) is 18.2 Å². The van der Waals surface area contributed by atoms with Crippen molar-refractivity contribution in [1.82, 2.24) is 19.5 Å². The van der Waals surface area contributed by atoms with Gasteiger partial charge in [0, 0.05) is 24.6 Å². The molecule has 3 aromatic rings. The first-order chi connectivity index (χ1) is 13.6. The van der Waals surface area contributed by atoms with Crippen molar-refractivity contribution in [1.29, 1.82) is 0 Å². The summed E-state index contributed by atoms with van der Waals surface area (Å²) in [6.07, 6.45) is 1.27. The molecule has 1 aliphatic heterocycles. The van der Waals surface area contributed by atoms with E-state index in [-0.39, 0.29) is 18.8 Å². The quantitative estimate of drug-likeness (QED) is 0.416. The molecule has 0 amide bonds. The molecule has 0 aliphatic carbocycles. The molecular weight excluding hydrogens is 368 g/mol. The third-order valence-corrected chi connectivity index (χ3v) is 4.69. The SMILES string of the molecule is O=[N+]([O-])c1ccccc1CNc1ncnc2c1ncn2[C@H]1CC(O)[C@@H](CO)O1. The Hall–Kier alpha value is -3.15. The first kappa shape index (κ1) is 18.2. The fraction of sp³-hybridized carbons (Fsp3) is 0.353. The number of nitro benzene ring substituents is 1. The minimum atomic E-state index is -0.773. The van der Waals surface area contributed by atoms with Crippen LogP contribution in [0.15, 0.2) is 36.9 Å². The van der Waals surface area contributed by atoms with Gasteiger partial charge in [0.05, 0.1) is 24.0 Å². The van der Waals surface area contributed by atoms with E-state index in [1.807, 2.05) is 0 Å². The summed E-state index contributed by atoms with van der Waals surface area (Å²) >= 11 is 0. The largest absolute Gasteiger partial charge is 0.394 e. The molecule has 1 unspecified atom stereocenters. The molecule has 4 rings (SSSR count). The fourth-order valence-electron chi connectivity index (χ4n) is 3.26. The lowest BCUT2D eigenvalue weighted by atomic mass is 10.2. The Kier molecular flexibility index (Phi) is 4.86. The van der Waals surface area contributed by atoms with Crippen molar-refractivity contribution < 1.29 is 19.9 Å². The fourth-order valence-corrected chi connectivity index (χ4v) is 3.26. The maximum atomic E-state index is 11.2. The number of benzene rings is 1. The van der Waals surface area contributed by atoms with Crippen molar-refractivity contribution in [2.24, 2.45) is 0 Å². The van der Waals surface area contributed by atoms with Crippen LogP contribution in [0.4, 0.5) is 11.5 Å². The van der Waals surface area contributed by atoms with Crippen molar-refractivity contribution in [2.75, 3.05) is 11.9 Å². The molecule has 28 heavy (non-hydrogen) atoms. The molecule has 0 radical (unpaired) electrons. The Balaban J connectivity index is 1.59. The van der Waals surface area contributed by atoms with Crippen LogP contribution in [0.2, 0.25) is 0 Å². The van der Waals surface area contributed by atoms with Crippen molar-refractivity contribution in [2.45, 2.75) is 31.4 Å². The van der Waals surface area contributed by atoms with Gasteiger partial charge >= 0.3 is 0 Å². The lowest BCUT2D eigenvalue weighted by molar-refractivity contribution is -0.385. The molecule has 11 heteroatoms. The van der Waals surface area contributed by atoms with Gasteiger partial charge in [-0.25, -0.2) is 15.0 Å². The summed E-state index contributed by atoms with van der Waals surface area (Å²) in [5.41, 5.74) is 1.52. The number of fused-ring (bicyclic) bond motifs is 1. The van der Waals surface area contributed by atoms with Crippen LogP contribution in [-0.2, 0) is 11.3 Å². The van der Waals surface area contributed by atoms with Gasteiger partial charge in [-0.1, -0.05) is 18.2 Å². The summed E-state index contributed by atoms with van der Waals surface area (Å²) in [6, 6.07) is 6.46. The highest BCUT2D eigenvalue weighted by atomic mass is 16.6. The van der Waals surface area contributed by atoms with Crippen LogP contribution in [-0.4, -0.2) is 53.5 Å². The molecule has 3 heterocycles. The molecular formula is C17H18N6O5. The van der Waals surface area contributed by atoms with Gasteiger partial charge in [-0.05, 0) is 0 Å². The second-order valence-corrected chi connectivity index (χ2v) is 6.40. The number of hydrogen-bond donors (Lipinski definition) is 3. The Bertz CT molecular complexity index is 1010. The molecule has 11 nitrogen and oxygen atoms in total. The van der Waals surface area contributed by atoms with Gasteiger partial charge in [-0.15, -0.1) is 0 Å². The molecule has 2 aromatic heterocycles. The first-order valence-electron chi connectivity index (χ1n) is 8.66. The van der Waals surface area contributed by atoms with E-state index in [0.717, 1.165) is 0 Å². The van der Waals surface area contributed by atoms with Gasteiger partial charge in [0.25, 0.3) is 5.69 Å². The van der Waals surface area contributed by atoms with Gasteiger partial charge in [0.1, 0.15) is 18.7 Å². The van der Waals surface area contributed by atoms with Gasteiger partial charge in [0.2, 0.25) is 0 Å². The Labute approximate surface area is 158 Å². The second kappa shape index (κ2) is 7.46. The lowest BCUT2D eigenvalue weighted by Crippen LogP contribution is -2.24. The lowest BCUT2D eigenvalue weighted by Gasteiger charge is -2.13. The van der Waals surface area contributed by atoms with Crippen molar-refractivity contribution in [3.63, 3.8) is 0 Å². The van der Waals surface area contributed by atoms with Crippen LogP contribution in [0.3, 0.4) is 0 Å². The molecule has 1 aliphatic rings. The molecule has 0 saturated carbocycles. The van der Waals surface area contributed by atoms with Gasteiger partial charge < -0.3 is 20.3 Å². The zero-order valence-corrected chi connectivity index (χ0v) is 14.7. The van der Waals surface area contributed by atoms with Gasteiger partial charge in [-0.3, -0.25) is 14.7 Å². The molecule has 0 bridgehead atoms. The summed E-state index contributed by atoms with van der Waals surface area (Å²) < 4.78 is 7.33. The number of ether oxygens (including phenoxy) is 1. The zero-order valence-electron chi connectivity index (χ0n) is 14.7. The average Bonchev–Trinajstić information content (AvgIpc) is 3.29. The van der Waals surface area contributed by atoms with E-state index < -0.39 is 23.4 Å². The van der Waals surface area contributed by atoms with Crippen molar-refractivity contribution in [3.8, 4) is 0 Å². The van der Waals surface area contributed by atoms with Crippen molar-refractivity contribution >= 4 is 22.7 Å². The van der Waals surface area contributed by atoms with Gasteiger partial charge in [-0.2, -0.15) is 0 Å². The predicted octanol–water partition coefficient (Wildman–Crippen LogP) is 0.987. The number of hydrogen-bond acceptors (Lipinski definition) is 9. The summed E-state index contributed by atoms with van der Waals surface area (Å²) in [7, 11) is 0. The molecule has 1 fully saturated rings. The van der Waals surface area contributed by atoms with E-state index in [4.69, 9.17) is 4.74 Å². The number of aromatic nitrogens is 4. The monoisotopic (exact) mass is 386 g/mol. The molecule has 3 N–H and O–H groups in total. The number of nitro groups is 1. The van der Waals surface area contributed by atoms with Crippen LogP contribution >= 0.6 is 0 Å². The number of aliphatic hydroxyl groups excluding tert-OH is 2. The Morgan fingerprint density at radius 2 is 2.14 bits per heavy atom. The standard InChI is InChI=1S/C17H18N6O5/c24-7-13-12(25)5-14(28-13)22-9-21-15-16(19-8-20-17(15)22)18-6-10-3-1-2-4-11(10)23(26)27/h1-4,8-9,12-14,24-25H,5-7H2,(H,18,19,20)/t12?,13-,14-/m1/s1. The average molecular weight is 386 g/mol. The highest BCUT2D eigenvalue weighted by molar-refractivity contribution is 5.82. The van der Waals surface area contributed by atoms with Crippen LogP contribution < -0.4 is 5.32 Å². The molecule has 0 spiro atoms. The zero-order chi connectivity index (χ0) is 19.7. The molecule has 3 atom stereocenters. The van der Waals surface area contributed by atoms with Crippen LogP contribution in [0.25, 0.3) is 11.2 Å².